The molecule has 0 aliphatic rings. The second-order valence-corrected chi connectivity index (χ2v) is 6.56. The Bertz CT molecular complexity index is 506. The molecule has 0 atom stereocenters. The Labute approximate surface area is 122 Å². The summed E-state index contributed by atoms with van der Waals surface area (Å²) in [5, 5.41) is 0. The van der Waals surface area contributed by atoms with E-state index in [1.165, 1.54) is 10.5 Å². The predicted octanol–water partition coefficient (Wildman–Crippen LogP) is 5.89. The van der Waals surface area contributed by atoms with Crippen molar-refractivity contribution in [2.24, 2.45) is 0 Å². The number of thioether (sulfide) groups is 1. The van der Waals surface area contributed by atoms with Gasteiger partial charge in [-0.05, 0) is 49.6 Å². The van der Waals surface area contributed by atoms with Crippen molar-refractivity contribution in [2.45, 2.75) is 4.90 Å². The molecule has 0 radical (unpaired) electrons. The molecule has 0 aliphatic heterocycles. The summed E-state index contributed by atoms with van der Waals surface area (Å²) in [6, 6.07) is 20.5. The van der Waals surface area contributed by atoms with Gasteiger partial charge in [-0.1, -0.05) is 60.3 Å². The fraction of sp³-hybridized carbons (Fsp3) is 0. The first-order valence-electron chi connectivity index (χ1n) is 5.11. The highest BCUT2D eigenvalue weighted by atomic mass is 79.9. The average Bonchev–Trinajstić information content (AvgIpc) is 2.40. The topological polar surface area (TPSA) is 0 Å². The van der Waals surface area contributed by atoms with Gasteiger partial charge in [-0.2, -0.15) is 0 Å². The third-order valence-electron chi connectivity index (χ3n) is 2.15. The summed E-state index contributed by atoms with van der Waals surface area (Å²) < 4.78 is 2.15. The number of hydrogen-bond donors (Lipinski definition) is 0. The summed E-state index contributed by atoms with van der Waals surface area (Å²) >= 11 is 8.93. The molecule has 0 heterocycles. The first-order valence-corrected chi connectivity index (χ1v) is 7.51. The number of hydrogen-bond acceptors (Lipinski definition) is 1. The Kier molecular flexibility index (Phi) is 4.89. The molecule has 0 saturated heterocycles. The van der Waals surface area contributed by atoms with Gasteiger partial charge in [0.15, 0.2) is 0 Å². The maximum absolute atomic E-state index is 3.62. The molecule has 0 amide bonds. The van der Waals surface area contributed by atoms with Crippen LogP contribution in [0.5, 0.6) is 0 Å². The van der Waals surface area contributed by atoms with Crippen LogP contribution < -0.4 is 0 Å². The maximum Gasteiger partial charge on any atom is 0.0699 e. The molecule has 0 saturated carbocycles. The third-order valence-corrected chi connectivity index (χ3v) is 5.57. The Balaban J connectivity index is 2.22. The first kappa shape index (κ1) is 12.9. The van der Waals surface area contributed by atoms with E-state index in [1.54, 1.807) is 11.8 Å². The van der Waals surface area contributed by atoms with E-state index >= 15 is 0 Å². The van der Waals surface area contributed by atoms with Gasteiger partial charge in [0.05, 0.1) is 3.81 Å². The van der Waals surface area contributed by atoms with Crippen molar-refractivity contribution in [1.82, 2.24) is 0 Å². The van der Waals surface area contributed by atoms with Crippen molar-refractivity contribution in [3.05, 3.63) is 70.0 Å². The number of benzene rings is 2. The van der Waals surface area contributed by atoms with Crippen molar-refractivity contribution >= 4 is 48.1 Å². The molecule has 0 fully saturated rings. The monoisotopic (exact) mass is 368 g/mol. The van der Waals surface area contributed by atoms with Crippen LogP contribution >= 0.6 is 43.6 Å². The molecule has 0 unspecified atom stereocenters. The fourth-order valence-corrected chi connectivity index (χ4v) is 3.34. The highest BCUT2D eigenvalue weighted by Crippen LogP contribution is 2.39. The van der Waals surface area contributed by atoms with E-state index in [1.807, 2.05) is 36.4 Å². The summed E-state index contributed by atoms with van der Waals surface area (Å²) in [6.07, 6.45) is 0. The van der Waals surface area contributed by atoms with E-state index in [-0.39, 0.29) is 0 Å². The summed E-state index contributed by atoms with van der Waals surface area (Å²) in [5.41, 5.74) is 1.17. The van der Waals surface area contributed by atoms with Crippen molar-refractivity contribution in [3.8, 4) is 0 Å². The normalized spacial score (nSPS) is 12.1. The second kappa shape index (κ2) is 6.43. The van der Waals surface area contributed by atoms with Gasteiger partial charge in [0.1, 0.15) is 0 Å². The predicted molar refractivity (Wildman–Crippen MR) is 83.5 cm³/mol. The molecule has 86 valence electrons. The van der Waals surface area contributed by atoms with Crippen LogP contribution in [0.2, 0.25) is 0 Å². The van der Waals surface area contributed by atoms with Gasteiger partial charge in [0.25, 0.3) is 0 Å². The molecule has 0 aliphatic carbocycles. The number of rotatable bonds is 3. The molecule has 0 nitrogen and oxygen atoms in total. The zero-order valence-corrected chi connectivity index (χ0v) is 12.9. The van der Waals surface area contributed by atoms with Gasteiger partial charge in [-0.15, -0.1) is 0 Å². The third kappa shape index (κ3) is 3.73. The van der Waals surface area contributed by atoms with Gasteiger partial charge < -0.3 is 0 Å². The van der Waals surface area contributed by atoms with Crippen LogP contribution in [0.15, 0.2) is 69.4 Å². The average molecular weight is 370 g/mol. The zero-order chi connectivity index (χ0) is 12.1. The van der Waals surface area contributed by atoms with Crippen LogP contribution in [0.4, 0.5) is 0 Å². The van der Waals surface area contributed by atoms with Crippen LogP contribution in [0.25, 0.3) is 4.48 Å². The van der Waals surface area contributed by atoms with Crippen molar-refractivity contribution in [2.75, 3.05) is 0 Å². The standard InChI is InChI=1S/C14H10Br2S/c15-13(11-7-3-1-4-8-11)14(16)17-12-9-5-2-6-10-12/h1-10H/b14-13-. The van der Waals surface area contributed by atoms with Gasteiger partial charge in [-0.25, -0.2) is 0 Å². The Morgan fingerprint density at radius 1 is 0.765 bits per heavy atom. The Morgan fingerprint density at radius 3 is 1.88 bits per heavy atom. The molecule has 0 bridgehead atoms. The molecule has 2 aromatic rings. The molecular formula is C14H10Br2S. The summed E-state index contributed by atoms with van der Waals surface area (Å²) in [5.74, 6) is 0. The Hall–Kier alpha value is -0.510. The lowest BCUT2D eigenvalue weighted by Gasteiger charge is -2.04. The smallest absolute Gasteiger partial charge is 0.0699 e. The molecule has 0 N–H and O–H groups in total. The molecule has 0 spiro atoms. The fourth-order valence-electron chi connectivity index (χ4n) is 1.33. The zero-order valence-electron chi connectivity index (χ0n) is 8.94. The van der Waals surface area contributed by atoms with E-state index in [0.717, 1.165) is 8.30 Å². The lowest BCUT2D eigenvalue weighted by atomic mass is 10.2. The molecule has 17 heavy (non-hydrogen) atoms. The first-order chi connectivity index (χ1) is 8.27. The highest BCUT2D eigenvalue weighted by molar-refractivity contribution is 9.17. The van der Waals surface area contributed by atoms with Crippen LogP contribution in [0.1, 0.15) is 5.56 Å². The molecule has 2 rings (SSSR count). The minimum Gasteiger partial charge on any atom is -0.0813 e. The van der Waals surface area contributed by atoms with Gasteiger partial charge in [0.2, 0.25) is 0 Å². The van der Waals surface area contributed by atoms with E-state index < -0.39 is 0 Å². The summed E-state index contributed by atoms with van der Waals surface area (Å²) in [4.78, 5) is 1.22. The largest absolute Gasteiger partial charge is 0.0813 e. The van der Waals surface area contributed by atoms with Crippen molar-refractivity contribution in [1.29, 1.82) is 0 Å². The van der Waals surface area contributed by atoms with Crippen molar-refractivity contribution in [3.63, 3.8) is 0 Å². The van der Waals surface area contributed by atoms with E-state index in [0.29, 0.717) is 0 Å². The Morgan fingerprint density at radius 2 is 1.29 bits per heavy atom. The molecule has 0 aromatic heterocycles. The second-order valence-electron chi connectivity index (χ2n) is 3.37. The van der Waals surface area contributed by atoms with Crippen LogP contribution in [-0.4, -0.2) is 0 Å². The molecule has 2 aromatic carbocycles. The summed E-state index contributed by atoms with van der Waals surface area (Å²) in [7, 11) is 0. The van der Waals surface area contributed by atoms with Gasteiger partial charge >= 0.3 is 0 Å². The minimum atomic E-state index is 1.08. The highest BCUT2D eigenvalue weighted by Gasteiger charge is 2.05. The van der Waals surface area contributed by atoms with E-state index in [9.17, 15) is 0 Å². The lowest BCUT2D eigenvalue weighted by molar-refractivity contribution is 1.47. The molecule has 3 heteroatoms. The lowest BCUT2D eigenvalue weighted by Crippen LogP contribution is -1.77. The minimum absolute atomic E-state index is 1.08. The van der Waals surface area contributed by atoms with Crippen LogP contribution in [0.3, 0.4) is 0 Å². The summed E-state index contributed by atoms with van der Waals surface area (Å²) in [6.45, 7) is 0. The SMILES string of the molecule is Br/C(Sc1ccccc1)=C(/Br)c1ccccc1. The van der Waals surface area contributed by atoms with Gasteiger partial charge in [0, 0.05) is 9.38 Å². The van der Waals surface area contributed by atoms with E-state index in [4.69, 9.17) is 0 Å². The van der Waals surface area contributed by atoms with E-state index in [2.05, 4.69) is 56.1 Å². The maximum atomic E-state index is 3.62. The quantitative estimate of drug-likeness (QED) is 0.607. The van der Waals surface area contributed by atoms with Crippen LogP contribution in [0, 0.1) is 0 Å². The van der Waals surface area contributed by atoms with Crippen LogP contribution in [-0.2, 0) is 0 Å². The van der Waals surface area contributed by atoms with Gasteiger partial charge in [-0.3, -0.25) is 0 Å². The number of halogens is 2. The van der Waals surface area contributed by atoms with Crippen molar-refractivity contribution < 1.29 is 0 Å². The molecular weight excluding hydrogens is 360 g/mol.